The van der Waals surface area contributed by atoms with Gasteiger partial charge in [-0.15, -0.1) is 10.2 Å². The van der Waals surface area contributed by atoms with E-state index < -0.39 is 0 Å². The van der Waals surface area contributed by atoms with Crippen LogP contribution >= 0.6 is 0 Å². The van der Waals surface area contributed by atoms with Crippen molar-refractivity contribution >= 4 is 11.6 Å². The first-order valence-electron chi connectivity index (χ1n) is 6.47. The summed E-state index contributed by atoms with van der Waals surface area (Å²) in [6.45, 7) is 0. The van der Waals surface area contributed by atoms with Gasteiger partial charge in [-0.3, -0.25) is 9.55 Å². The lowest BCUT2D eigenvalue weighted by molar-refractivity contribution is 0.628. The van der Waals surface area contributed by atoms with Gasteiger partial charge in [0.25, 0.3) is 0 Å². The lowest BCUT2D eigenvalue weighted by Gasteiger charge is -2.17. The third-order valence-electron chi connectivity index (χ3n) is 3.26. The topological polar surface area (TPSA) is 46.8 Å². The highest BCUT2D eigenvalue weighted by Crippen LogP contribution is 2.24. The molecule has 1 aromatic carbocycles. The zero-order valence-corrected chi connectivity index (χ0v) is 11.7. The summed E-state index contributed by atoms with van der Waals surface area (Å²) in [5, 5.41) is 8.38. The Bertz CT molecular complexity index is 737. The Balaban J connectivity index is 1.97. The Hall–Kier alpha value is -2.76. The van der Waals surface area contributed by atoms with Crippen LogP contribution in [0.4, 0.5) is 16.0 Å². The molecular formula is C15H14FN5. The Labute approximate surface area is 121 Å². The second-order valence-electron chi connectivity index (χ2n) is 4.63. The van der Waals surface area contributed by atoms with Crippen LogP contribution in [0.3, 0.4) is 0 Å². The van der Waals surface area contributed by atoms with E-state index in [1.165, 1.54) is 12.1 Å². The zero-order chi connectivity index (χ0) is 14.8. The molecule has 3 aromatic rings. The van der Waals surface area contributed by atoms with Gasteiger partial charge < -0.3 is 4.90 Å². The van der Waals surface area contributed by atoms with Gasteiger partial charge in [-0.2, -0.15) is 0 Å². The quantitative estimate of drug-likeness (QED) is 0.741. The summed E-state index contributed by atoms with van der Waals surface area (Å²) in [4.78, 5) is 6.12. The molecule has 0 aliphatic heterocycles. The second kappa shape index (κ2) is 5.32. The molecule has 2 aromatic heterocycles. The number of halogens is 1. The molecule has 0 bridgehead atoms. The number of rotatable bonds is 3. The van der Waals surface area contributed by atoms with Crippen LogP contribution in [-0.2, 0) is 7.05 Å². The summed E-state index contributed by atoms with van der Waals surface area (Å²) in [6.07, 6.45) is 1.72. The first-order chi connectivity index (χ1) is 10.2. The van der Waals surface area contributed by atoms with Gasteiger partial charge in [0.15, 0.2) is 5.82 Å². The lowest BCUT2D eigenvalue weighted by atomic mass is 10.3. The van der Waals surface area contributed by atoms with Gasteiger partial charge in [0.2, 0.25) is 5.95 Å². The first-order valence-corrected chi connectivity index (χ1v) is 6.47. The molecule has 0 aliphatic rings. The number of hydrogen-bond acceptors (Lipinski definition) is 4. The first kappa shape index (κ1) is 13.2. The standard InChI is InChI=1S/C15H14FN5/c1-20(12-8-6-11(16)7-9-12)15-19-18-14(21(15)2)13-5-3-4-10-17-13/h3-10H,1-2H3. The fourth-order valence-corrected chi connectivity index (χ4v) is 2.11. The highest BCUT2D eigenvalue weighted by molar-refractivity contribution is 5.59. The molecule has 6 heteroatoms. The summed E-state index contributed by atoms with van der Waals surface area (Å²) in [7, 11) is 3.73. The average Bonchev–Trinajstić information content (AvgIpc) is 2.90. The van der Waals surface area contributed by atoms with E-state index >= 15 is 0 Å². The molecule has 0 aliphatic carbocycles. The van der Waals surface area contributed by atoms with Crippen LogP contribution in [0.1, 0.15) is 0 Å². The van der Waals surface area contributed by atoms with Gasteiger partial charge in [0.1, 0.15) is 11.5 Å². The van der Waals surface area contributed by atoms with Crippen LogP contribution in [0.2, 0.25) is 0 Å². The number of nitrogens with zero attached hydrogens (tertiary/aromatic N) is 5. The minimum atomic E-state index is -0.265. The van der Waals surface area contributed by atoms with E-state index in [9.17, 15) is 4.39 Å². The van der Waals surface area contributed by atoms with Crippen molar-refractivity contribution in [3.8, 4) is 11.5 Å². The summed E-state index contributed by atoms with van der Waals surface area (Å²) < 4.78 is 14.9. The van der Waals surface area contributed by atoms with Crippen LogP contribution in [0.5, 0.6) is 0 Å². The minimum Gasteiger partial charge on any atom is -0.314 e. The van der Waals surface area contributed by atoms with Crippen molar-refractivity contribution in [1.29, 1.82) is 0 Å². The van der Waals surface area contributed by atoms with Crippen LogP contribution in [0, 0.1) is 5.82 Å². The van der Waals surface area contributed by atoms with E-state index in [0.29, 0.717) is 11.8 Å². The Morgan fingerprint density at radius 2 is 1.81 bits per heavy atom. The third-order valence-corrected chi connectivity index (χ3v) is 3.26. The summed E-state index contributed by atoms with van der Waals surface area (Å²) in [5.74, 6) is 1.07. The van der Waals surface area contributed by atoms with Crippen LogP contribution in [0.15, 0.2) is 48.7 Å². The van der Waals surface area contributed by atoms with Crippen molar-refractivity contribution in [2.24, 2.45) is 7.05 Å². The number of hydrogen-bond donors (Lipinski definition) is 0. The van der Waals surface area contributed by atoms with E-state index in [-0.39, 0.29) is 5.82 Å². The van der Waals surface area contributed by atoms with E-state index in [1.807, 2.05) is 41.8 Å². The van der Waals surface area contributed by atoms with Gasteiger partial charge in [-0.25, -0.2) is 4.39 Å². The van der Waals surface area contributed by atoms with Crippen molar-refractivity contribution in [3.05, 3.63) is 54.5 Å². The lowest BCUT2D eigenvalue weighted by Crippen LogP contribution is -2.14. The third kappa shape index (κ3) is 2.47. The molecule has 0 saturated carbocycles. The number of aromatic nitrogens is 4. The van der Waals surface area contributed by atoms with E-state index in [2.05, 4.69) is 15.2 Å². The number of benzene rings is 1. The Morgan fingerprint density at radius 1 is 1.05 bits per heavy atom. The maximum absolute atomic E-state index is 13.0. The molecule has 2 heterocycles. The summed E-state index contributed by atoms with van der Waals surface area (Å²) in [5.41, 5.74) is 1.59. The molecule has 21 heavy (non-hydrogen) atoms. The van der Waals surface area contributed by atoms with Crippen LogP contribution < -0.4 is 4.90 Å². The highest BCUT2D eigenvalue weighted by Gasteiger charge is 2.15. The fourth-order valence-electron chi connectivity index (χ4n) is 2.11. The molecule has 0 saturated heterocycles. The highest BCUT2D eigenvalue weighted by atomic mass is 19.1. The molecule has 0 spiro atoms. The zero-order valence-electron chi connectivity index (χ0n) is 11.7. The fraction of sp³-hybridized carbons (Fsp3) is 0.133. The normalized spacial score (nSPS) is 10.6. The van der Waals surface area contributed by atoms with Gasteiger partial charge in [-0.1, -0.05) is 6.07 Å². The Morgan fingerprint density at radius 3 is 2.48 bits per heavy atom. The van der Waals surface area contributed by atoms with Crippen molar-refractivity contribution in [1.82, 2.24) is 19.7 Å². The molecule has 0 radical (unpaired) electrons. The van der Waals surface area contributed by atoms with Crippen molar-refractivity contribution < 1.29 is 4.39 Å². The smallest absolute Gasteiger partial charge is 0.231 e. The van der Waals surface area contributed by atoms with Crippen LogP contribution in [-0.4, -0.2) is 26.8 Å². The number of pyridine rings is 1. The number of anilines is 2. The monoisotopic (exact) mass is 283 g/mol. The molecule has 106 valence electrons. The van der Waals surface area contributed by atoms with Gasteiger partial charge >= 0.3 is 0 Å². The van der Waals surface area contributed by atoms with Gasteiger partial charge in [-0.05, 0) is 36.4 Å². The van der Waals surface area contributed by atoms with Gasteiger partial charge in [0, 0.05) is 26.0 Å². The van der Waals surface area contributed by atoms with E-state index in [4.69, 9.17) is 0 Å². The summed E-state index contributed by atoms with van der Waals surface area (Å²) in [6, 6.07) is 11.9. The maximum atomic E-state index is 13.0. The second-order valence-corrected chi connectivity index (χ2v) is 4.63. The predicted octanol–water partition coefficient (Wildman–Crippen LogP) is 2.78. The molecule has 3 rings (SSSR count). The SMILES string of the molecule is CN(c1ccc(F)cc1)c1nnc(-c2ccccn2)n1C. The van der Waals surface area contributed by atoms with Crippen molar-refractivity contribution in [2.75, 3.05) is 11.9 Å². The molecule has 0 fully saturated rings. The minimum absolute atomic E-state index is 0.265. The molecule has 0 unspecified atom stereocenters. The summed E-state index contributed by atoms with van der Waals surface area (Å²) >= 11 is 0. The molecule has 5 nitrogen and oxygen atoms in total. The average molecular weight is 283 g/mol. The molecule has 0 atom stereocenters. The van der Waals surface area contributed by atoms with E-state index in [0.717, 1.165) is 11.4 Å². The van der Waals surface area contributed by atoms with Crippen molar-refractivity contribution in [2.45, 2.75) is 0 Å². The van der Waals surface area contributed by atoms with E-state index in [1.54, 1.807) is 18.3 Å². The predicted molar refractivity (Wildman–Crippen MR) is 78.7 cm³/mol. The van der Waals surface area contributed by atoms with Crippen molar-refractivity contribution in [3.63, 3.8) is 0 Å². The maximum Gasteiger partial charge on any atom is 0.231 e. The molecule has 0 amide bonds. The van der Waals surface area contributed by atoms with Gasteiger partial charge in [0.05, 0.1) is 0 Å². The molecular weight excluding hydrogens is 269 g/mol. The molecule has 0 N–H and O–H groups in total. The van der Waals surface area contributed by atoms with Crippen LogP contribution in [0.25, 0.3) is 11.5 Å². The Kier molecular flexibility index (Phi) is 3.35. The largest absolute Gasteiger partial charge is 0.314 e.